The van der Waals surface area contributed by atoms with Crippen molar-refractivity contribution in [3.05, 3.63) is 33.8 Å². The second-order valence-electron chi connectivity index (χ2n) is 3.26. The van der Waals surface area contributed by atoms with Crippen LogP contribution in [0, 0.1) is 11.6 Å². The van der Waals surface area contributed by atoms with Crippen LogP contribution in [0.3, 0.4) is 0 Å². The molecule has 90 valence electrons. The molecule has 6 heteroatoms. The summed E-state index contributed by atoms with van der Waals surface area (Å²) < 4.78 is 27.5. The van der Waals surface area contributed by atoms with Crippen LogP contribution in [0.1, 0.15) is 18.0 Å². The Morgan fingerprint density at radius 1 is 1.50 bits per heavy atom. The van der Waals surface area contributed by atoms with Gasteiger partial charge in [-0.1, -0.05) is 0 Å². The van der Waals surface area contributed by atoms with Crippen molar-refractivity contribution >= 4 is 27.7 Å². The standard InChI is InChI=1S/C10H13BrF2N2S/c1-16-5-4-8(15-14)9-7(12)3-2-6(11)10(9)13/h2-3,8,15H,4-5,14H2,1H3. The summed E-state index contributed by atoms with van der Waals surface area (Å²) in [6.07, 6.45) is 2.50. The number of hydrogen-bond donors (Lipinski definition) is 2. The van der Waals surface area contributed by atoms with E-state index in [1.165, 1.54) is 12.1 Å². The predicted molar refractivity (Wildman–Crippen MR) is 67.1 cm³/mol. The quantitative estimate of drug-likeness (QED) is 0.499. The summed E-state index contributed by atoms with van der Waals surface area (Å²) in [6.45, 7) is 0. The molecule has 0 heterocycles. The van der Waals surface area contributed by atoms with E-state index >= 15 is 0 Å². The smallest absolute Gasteiger partial charge is 0.145 e. The third-order valence-corrected chi connectivity index (χ3v) is 3.50. The molecule has 2 nitrogen and oxygen atoms in total. The average Bonchev–Trinajstić information content (AvgIpc) is 2.28. The van der Waals surface area contributed by atoms with E-state index in [1.54, 1.807) is 11.8 Å². The number of rotatable bonds is 5. The summed E-state index contributed by atoms with van der Waals surface area (Å²) in [4.78, 5) is 0. The van der Waals surface area contributed by atoms with Crippen LogP contribution in [0.4, 0.5) is 8.78 Å². The van der Waals surface area contributed by atoms with Gasteiger partial charge in [0.25, 0.3) is 0 Å². The molecule has 0 saturated carbocycles. The highest BCUT2D eigenvalue weighted by Crippen LogP contribution is 2.28. The van der Waals surface area contributed by atoms with Gasteiger partial charge in [0.15, 0.2) is 0 Å². The van der Waals surface area contributed by atoms with Crippen LogP contribution in [-0.4, -0.2) is 12.0 Å². The molecule has 1 atom stereocenters. The number of nitrogens with two attached hydrogens (primary N) is 1. The summed E-state index contributed by atoms with van der Waals surface area (Å²) in [5.41, 5.74) is 2.44. The Morgan fingerprint density at radius 3 is 2.75 bits per heavy atom. The van der Waals surface area contributed by atoms with E-state index in [0.717, 1.165) is 5.75 Å². The SMILES string of the molecule is CSCCC(NN)c1c(F)ccc(Br)c1F. The average molecular weight is 311 g/mol. The number of halogens is 3. The van der Waals surface area contributed by atoms with Crippen molar-refractivity contribution in [2.24, 2.45) is 5.84 Å². The van der Waals surface area contributed by atoms with Gasteiger partial charge in [-0.05, 0) is 46.5 Å². The second kappa shape index (κ2) is 6.54. The Balaban J connectivity index is 3.03. The lowest BCUT2D eigenvalue weighted by Crippen LogP contribution is -2.30. The first-order valence-corrected chi connectivity index (χ1v) is 6.89. The highest BCUT2D eigenvalue weighted by Gasteiger charge is 2.20. The molecule has 0 radical (unpaired) electrons. The van der Waals surface area contributed by atoms with E-state index < -0.39 is 17.7 Å². The predicted octanol–water partition coefficient (Wildman–Crippen LogP) is 2.98. The third kappa shape index (κ3) is 3.16. The minimum absolute atomic E-state index is 0.00840. The van der Waals surface area contributed by atoms with Gasteiger partial charge in [-0.15, -0.1) is 0 Å². The van der Waals surface area contributed by atoms with Crippen molar-refractivity contribution in [2.75, 3.05) is 12.0 Å². The van der Waals surface area contributed by atoms with Gasteiger partial charge in [0, 0.05) is 5.56 Å². The molecule has 0 saturated heterocycles. The normalized spacial score (nSPS) is 12.8. The van der Waals surface area contributed by atoms with Crippen molar-refractivity contribution in [2.45, 2.75) is 12.5 Å². The van der Waals surface area contributed by atoms with Gasteiger partial charge in [0.2, 0.25) is 0 Å². The van der Waals surface area contributed by atoms with Crippen molar-refractivity contribution in [3.8, 4) is 0 Å². The lowest BCUT2D eigenvalue weighted by atomic mass is 10.0. The number of thioether (sulfide) groups is 1. The van der Waals surface area contributed by atoms with Gasteiger partial charge >= 0.3 is 0 Å². The molecule has 0 aliphatic carbocycles. The third-order valence-electron chi connectivity index (χ3n) is 2.24. The van der Waals surface area contributed by atoms with Crippen LogP contribution in [-0.2, 0) is 0 Å². The van der Waals surface area contributed by atoms with E-state index in [4.69, 9.17) is 5.84 Å². The topological polar surface area (TPSA) is 38.0 Å². The zero-order chi connectivity index (χ0) is 12.1. The fourth-order valence-corrected chi connectivity index (χ4v) is 2.23. The largest absolute Gasteiger partial charge is 0.271 e. The first-order valence-electron chi connectivity index (χ1n) is 4.70. The van der Waals surface area contributed by atoms with Gasteiger partial charge in [-0.3, -0.25) is 11.3 Å². The Labute approximate surface area is 106 Å². The van der Waals surface area contributed by atoms with Crippen molar-refractivity contribution in [1.29, 1.82) is 0 Å². The first-order chi connectivity index (χ1) is 7.61. The monoisotopic (exact) mass is 310 g/mol. The Bertz CT molecular complexity index is 363. The molecule has 1 rings (SSSR count). The fourth-order valence-electron chi connectivity index (χ4n) is 1.41. The van der Waals surface area contributed by atoms with Gasteiger partial charge in [-0.2, -0.15) is 11.8 Å². The highest BCUT2D eigenvalue weighted by molar-refractivity contribution is 9.10. The summed E-state index contributed by atoms with van der Waals surface area (Å²) in [7, 11) is 0. The molecule has 16 heavy (non-hydrogen) atoms. The molecule has 0 bridgehead atoms. The molecule has 0 fully saturated rings. The first kappa shape index (κ1) is 13.9. The van der Waals surface area contributed by atoms with Gasteiger partial charge in [-0.25, -0.2) is 8.78 Å². The number of hydrogen-bond acceptors (Lipinski definition) is 3. The van der Waals surface area contributed by atoms with Gasteiger partial charge in [0.1, 0.15) is 11.6 Å². The van der Waals surface area contributed by atoms with Crippen LogP contribution >= 0.6 is 27.7 Å². The molecule has 3 N–H and O–H groups in total. The van der Waals surface area contributed by atoms with Crippen molar-refractivity contribution in [1.82, 2.24) is 5.43 Å². The molecule has 1 aromatic carbocycles. The number of nitrogens with one attached hydrogen (secondary N) is 1. The number of benzene rings is 1. The minimum Gasteiger partial charge on any atom is -0.271 e. The molecule has 0 aromatic heterocycles. The van der Waals surface area contributed by atoms with E-state index in [-0.39, 0.29) is 10.0 Å². The number of hydrazine groups is 1. The van der Waals surface area contributed by atoms with Crippen LogP contribution in [0.5, 0.6) is 0 Å². The highest BCUT2D eigenvalue weighted by atomic mass is 79.9. The second-order valence-corrected chi connectivity index (χ2v) is 5.10. The Hall–Kier alpha value is -0.170. The molecule has 1 unspecified atom stereocenters. The lowest BCUT2D eigenvalue weighted by molar-refractivity contribution is 0.466. The van der Waals surface area contributed by atoms with Crippen LogP contribution < -0.4 is 11.3 Å². The van der Waals surface area contributed by atoms with Gasteiger partial charge in [0.05, 0.1) is 10.5 Å². The van der Waals surface area contributed by atoms with Crippen LogP contribution in [0.15, 0.2) is 16.6 Å². The summed E-state index contributed by atoms with van der Waals surface area (Å²) >= 11 is 4.63. The molecule has 0 spiro atoms. The Morgan fingerprint density at radius 2 is 2.19 bits per heavy atom. The maximum Gasteiger partial charge on any atom is 0.145 e. The van der Waals surface area contributed by atoms with Crippen LogP contribution in [0.25, 0.3) is 0 Å². The zero-order valence-corrected chi connectivity index (χ0v) is 11.2. The minimum atomic E-state index is -0.593. The van der Waals surface area contributed by atoms with Crippen molar-refractivity contribution < 1.29 is 8.78 Å². The zero-order valence-electron chi connectivity index (χ0n) is 8.77. The summed E-state index contributed by atoms with van der Waals surface area (Å²) in [5.74, 6) is 4.93. The molecular formula is C10H13BrF2N2S. The van der Waals surface area contributed by atoms with E-state index in [9.17, 15) is 8.78 Å². The molecule has 1 aromatic rings. The van der Waals surface area contributed by atoms with Gasteiger partial charge < -0.3 is 0 Å². The Kier molecular flexibility index (Phi) is 5.68. The molecule has 0 amide bonds. The molecule has 0 aliphatic rings. The maximum absolute atomic E-state index is 13.7. The van der Waals surface area contributed by atoms with Crippen LogP contribution in [0.2, 0.25) is 0 Å². The fraction of sp³-hybridized carbons (Fsp3) is 0.400. The molecular weight excluding hydrogens is 298 g/mol. The summed E-state index contributed by atoms with van der Waals surface area (Å²) in [5, 5.41) is 0. The van der Waals surface area contributed by atoms with E-state index in [2.05, 4.69) is 21.4 Å². The van der Waals surface area contributed by atoms with E-state index in [1.807, 2.05) is 6.26 Å². The summed E-state index contributed by atoms with van der Waals surface area (Å²) in [6, 6.07) is 2.06. The van der Waals surface area contributed by atoms with E-state index in [0.29, 0.717) is 6.42 Å². The lowest BCUT2D eigenvalue weighted by Gasteiger charge is -2.17. The molecule has 0 aliphatic heterocycles. The maximum atomic E-state index is 13.7. The van der Waals surface area contributed by atoms with Crippen molar-refractivity contribution in [3.63, 3.8) is 0 Å².